The Balaban J connectivity index is 1.91. The van der Waals surface area contributed by atoms with Crippen molar-refractivity contribution in [2.75, 3.05) is 6.54 Å². The van der Waals surface area contributed by atoms with Gasteiger partial charge in [0.2, 0.25) is 0 Å². The Morgan fingerprint density at radius 3 is 2.86 bits per heavy atom. The number of piperidine rings is 1. The van der Waals surface area contributed by atoms with E-state index in [1.807, 2.05) is 0 Å². The molecule has 2 rings (SSSR count). The lowest BCUT2D eigenvalue weighted by Crippen LogP contribution is -2.44. The van der Waals surface area contributed by atoms with Crippen molar-refractivity contribution in [2.24, 2.45) is 0 Å². The smallest absolute Gasteiger partial charge is 0.0903 e. The number of hydrogen-bond donors (Lipinski definition) is 2. The highest BCUT2D eigenvalue weighted by atomic mass is 16.3. The van der Waals surface area contributed by atoms with E-state index in [1.54, 1.807) is 0 Å². The molecule has 1 aliphatic heterocycles. The summed E-state index contributed by atoms with van der Waals surface area (Å²) >= 11 is 0. The zero-order chi connectivity index (χ0) is 9.80. The zero-order valence-corrected chi connectivity index (χ0v) is 8.84. The molecule has 1 fully saturated rings. The van der Waals surface area contributed by atoms with Gasteiger partial charge in [-0.3, -0.25) is 0 Å². The van der Waals surface area contributed by atoms with E-state index in [0.717, 1.165) is 19.4 Å². The van der Waals surface area contributed by atoms with E-state index in [1.165, 1.54) is 37.7 Å². The van der Waals surface area contributed by atoms with Gasteiger partial charge < -0.3 is 10.4 Å². The quantitative estimate of drug-likeness (QED) is 0.660. The maximum Gasteiger partial charge on any atom is 0.0903 e. The Kier molecular flexibility index (Phi) is 3.60. The highest BCUT2D eigenvalue weighted by Gasteiger charge is 2.24. The van der Waals surface area contributed by atoms with Gasteiger partial charge >= 0.3 is 0 Å². The second-order valence-electron chi connectivity index (χ2n) is 4.53. The Bertz CT molecular complexity index is 206. The van der Waals surface area contributed by atoms with Crippen LogP contribution in [0.3, 0.4) is 0 Å². The molecule has 2 atom stereocenters. The van der Waals surface area contributed by atoms with Crippen LogP contribution in [0.4, 0.5) is 0 Å². The van der Waals surface area contributed by atoms with Crippen molar-refractivity contribution in [1.29, 1.82) is 0 Å². The first-order chi connectivity index (χ1) is 6.88. The molecule has 0 aromatic heterocycles. The minimum Gasteiger partial charge on any atom is -0.387 e. The van der Waals surface area contributed by atoms with Crippen molar-refractivity contribution in [3.8, 4) is 0 Å². The monoisotopic (exact) mass is 195 g/mol. The van der Waals surface area contributed by atoms with E-state index in [9.17, 15) is 5.11 Å². The summed E-state index contributed by atoms with van der Waals surface area (Å²) < 4.78 is 0. The molecule has 0 radical (unpaired) electrons. The summed E-state index contributed by atoms with van der Waals surface area (Å²) in [7, 11) is 0. The highest BCUT2D eigenvalue weighted by Crippen LogP contribution is 2.24. The summed E-state index contributed by atoms with van der Waals surface area (Å²) in [6.07, 6.45) is 10.5. The number of hydrogen-bond acceptors (Lipinski definition) is 2. The van der Waals surface area contributed by atoms with Crippen molar-refractivity contribution in [2.45, 2.75) is 57.1 Å². The predicted molar refractivity (Wildman–Crippen MR) is 58.2 cm³/mol. The van der Waals surface area contributed by atoms with E-state index in [0.29, 0.717) is 6.04 Å². The molecule has 0 aromatic rings. The van der Waals surface area contributed by atoms with E-state index in [4.69, 9.17) is 0 Å². The molecule has 0 aromatic carbocycles. The first kappa shape index (κ1) is 10.2. The number of allylic oxidation sites excluding steroid dienone is 1. The van der Waals surface area contributed by atoms with Crippen LogP contribution in [-0.2, 0) is 0 Å². The van der Waals surface area contributed by atoms with Crippen LogP contribution >= 0.6 is 0 Å². The van der Waals surface area contributed by atoms with Gasteiger partial charge in [0, 0.05) is 6.04 Å². The lowest BCUT2D eigenvalue weighted by molar-refractivity contribution is 0.139. The Morgan fingerprint density at radius 1 is 1.29 bits per heavy atom. The molecule has 0 saturated carbocycles. The van der Waals surface area contributed by atoms with Crippen molar-refractivity contribution in [3.63, 3.8) is 0 Å². The van der Waals surface area contributed by atoms with Gasteiger partial charge in [-0.15, -0.1) is 0 Å². The Labute approximate surface area is 86.4 Å². The molecule has 0 spiro atoms. The molecule has 2 nitrogen and oxygen atoms in total. The SMILES string of the molecule is OC(C1=CCCCC1)C1CCCCN1. The minimum absolute atomic E-state index is 0.212. The van der Waals surface area contributed by atoms with Crippen molar-refractivity contribution < 1.29 is 5.11 Å². The maximum absolute atomic E-state index is 10.2. The van der Waals surface area contributed by atoms with Gasteiger partial charge in [0.05, 0.1) is 6.10 Å². The largest absolute Gasteiger partial charge is 0.387 e. The van der Waals surface area contributed by atoms with Gasteiger partial charge in [0.1, 0.15) is 0 Å². The van der Waals surface area contributed by atoms with E-state index in [2.05, 4.69) is 11.4 Å². The normalized spacial score (nSPS) is 30.9. The fourth-order valence-corrected chi connectivity index (χ4v) is 2.54. The molecule has 0 bridgehead atoms. The molecule has 1 aliphatic carbocycles. The van der Waals surface area contributed by atoms with E-state index >= 15 is 0 Å². The second kappa shape index (κ2) is 4.94. The average molecular weight is 195 g/mol. The third-order valence-electron chi connectivity index (χ3n) is 3.44. The van der Waals surface area contributed by atoms with Crippen LogP contribution in [0.25, 0.3) is 0 Å². The topological polar surface area (TPSA) is 32.3 Å². The molecule has 80 valence electrons. The molecule has 2 aliphatic rings. The second-order valence-corrected chi connectivity index (χ2v) is 4.53. The number of aliphatic hydroxyl groups excluding tert-OH is 1. The first-order valence-electron chi connectivity index (χ1n) is 5.98. The fraction of sp³-hybridized carbons (Fsp3) is 0.833. The average Bonchev–Trinajstić information content (AvgIpc) is 2.30. The van der Waals surface area contributed by atoms with Crippen LogP contribution in [0.15, 0.2) is 11.6 Å². The van der Waals surface area contributed by atoms with Crippen LogP contribution in [0.1, 0.15) is 44.9 Å². The standard InChI is InChI=1S/C12H21NO/c14-12(10-6-2-1-3-7-10)11-8-4-5-9-13-11/h6,11-14H,1-5,7-9H2. The third-order valence-corrected chi connectivity index (χ3v) is 3.44. The van der Waals surface area contributed by atoms with Gasteiger partial charge in [0.25, 0.3) is 0 Å². The molecular formula is C12H21NO. The summed E-state index contributed by atoms with van der Waals surface area (Å²) in [5.74, 6) is 0. The van der Waals surface area contributed by atoms with Gasteiger partial charge in [0.15, 0.2) is 0 Å². The number of aliphatic hydroxyl groups is 1. The van der Waals surface area contributed by atoms with Crippen molar-refractivity contribution >= 4 is 0 Å². The van der Waals surface area contributed by atoms with Crippen molar-refractivity contribution in [1.82, 2.24) is 5.32 Å². The highest BCUT2D eigenvalue weighted by molar-refractivity contribution is 5.13. The molecule has 1 heterocycles. The fourth-order valence-electron chi connectivity index (χ4n) is 2.54. The van der Waals surface area contributed by atoms with Crippen LogP contribution in [0.2, 0.25) is 0 Å². The summed E-state index contributed by atoms with van der Waals surface area (Å²) in [4.78, 5) is 0. The van der Waals surface area contributed by atoms with Crippen LogP contribution in [0, 0.1) is 0 Å². The summed E-state index contributed by atoms with van der Waals surface area (Å²) in [5, 5.41) is 13.6. The van der Waals surface area contributed by atoms with Crippen LogP contribution in [-0.4, -0.2) is 23.8 Å². The molecule has 0 amide bonds. The number of nitrogens with one attached hydrogen (secondary N) is 1. The van der Waals surface area contributed by atoms with Gasteiger partial charge in [-0.1, -0.05) is 12.5 Å². The molecular weight excluding hydrogens is 174 g/mol. The predicted octanol–water partition coefficient (Wildman–Crippen LogP) is 1.99. The minimum atomic E-state index is -0.212. The van der Waals surface area contributed by atoms with Gasteiger partial charge in [-0.25, -0.2) is 0 Å². The first-order valence-corrected chi connectivity index (χ1v) is 5.98. The lowest BCUT2D eigenvalue weighted by Gasteiger charge is -2.30. The number of rotatable bonds is 2. The molecule has 1 saturated heterocycles. The molecule has 2 N–H and O–H groups in total. The molecule has 2 heteroatoms. The zero-order valence-electron chi connectivity index (χ0n) is 8.84. The summed E-state index contributed by atoms with van der Waals surface area (Å²) in [6, 6.07) is 0.327. The van der Waals surface area contributed by atoms with E-state index in [-0.39, 0.29) is 6.10 Å². The Morgan fingerprint density at radius 2 is 2.21 bits per heavy atom. The van der Waals surface area contributed by atoms with Gasteiger partial charge in [-0.05, 0) is 50.6 Å². The summed E-state index contributed by atoms with van der Waals surface area (Å²) in [5.41, 5.74) is 1.29. The van der Waals surface area contributed by atoms with Crippen molar-refractivity contribution in [3.05, 3.63) is 11.6 Å². The molecule has 2 unspecified atom stereocenters. The molecule has 14 heavy (non-hydrogen) atoms. The maximum atomic E-state index is 10.2. The Hall–Kier alpha value is -0.340. The lowest BCUT2D eigenvalue weighted by atomic mass is 9.89. The van der Waals surface area contributed by atoms with Crippen LogP contribution < -0.4 is 5.32 Å². The third kappa shape index (κ3) is 2.37. The van der Waals surface area contributed by atoms with Gasteiger partial charge in [-0.2, -0.15) is 0 Å². The summed E-state index contributed by atoms with van der Waals surface area (Å²) in [6.45, 7) is 1.08. The van der Waals surface area contributed by atoms with Crippen LogP contribution in [0.5, 0.6) is 0 Å². The van der Waals surface area contributed by atoms with E-state index < -0.39 is 0 Å².